The summed E-state index contributed by atoms with van der Waals surface area (Å²) in [5, 5.41) is 1.78. The monoisotopic (exact) mass is 575 g/mol. The molecule has 2 heterocycles. The maximum atomic E-state index is 14.0. The van der Waals surface area contributed by atoms with Crippen molar-refractivity contribution in [1.82, 2.24) is 15.4 Å². The number of benzene rings is 2. The normalized spacial score (nSPS) is 19.6. The largest absolute Gasteiger partial charge is 0.489 e. The third-order valence-electron chi connectivity index (χ3n) is 8.53. The van der Waals surface area contributed by atoms with Gasteiger partial charge in [0.15, 0.2) is 11.6 Å². The fraction of sp³-hybridized carbons (Fsp3) is 0.333. The minimum Gasteiger partial charge on any atom is -0.489 e. The van der Waals surface area contributed by atoms with E-state index in [0.29, 0.717) is 54.7 Å². The molecule has 1 N–H and O–H groups in total. The summed E-state index contributed by atoms with van der Waals surface area (Å²) in [7, 11) is 0. The van der Waals surface area contributed by atoms with Crippen molar-refractivity contribution in [3.8, 4) is 5.75 Å². The van der Waals surface area contributed by atoms with Crippen LogP contribution in [0.4, 0.5) is 0 Å². The van der Waals surface area contributed by atoms with Crippen LogP contribution < -0.4 is 10.2 Å². The molecule has 3 aromatic rings. The third kappa shape index (κ3) is 5.76. The Morgan fingerprint density at radius 1 is 0.814 bits per heavy atom. The Morgan fingerprint density at radius 3 is 1.93 bits per heavy atom. The van der Waals surface area contributed by atoms with Crippen molar-refractivity contribution in [2.24, 2.45) is 10.8 Å². The van der Waals surface area contributed by atoms with Crippen molar-refractivity contribution in [3.63, 3.8) is 0 Å². The predicted molar refractivity (Wildman–Crippen MR) is 164 cm³/mol. The average Bonchev–Trinajstić information content (AvgIpc) is 2.97. The lowest BCUT2D eigenvalue weighted by molar-refractivity contribution is -0.119. The van der Waals surface area contributed by atoms with Crippen LogP contribution in [0.15, 0.2) is 102 Å². The quantitative estimate of drug-likeness (QED) is 0.352. The second-order valence-corrected chi connectivity index (χ2v) is 13.4. The number of amides is 1. The summed E-state index contributed by atoms with van der Waals surface area (Å²) in [5.41, 5.74) is 7.60. The van der Waals surface area contributed by atoms with Gasteiger partial charge in [0.2, 0.25) is 0 Å². The number of carbonyl (C=O) groups excluding carboxylic acids is 3. The molecule has 0 saturated heterocycles. The lowest BCUT2D eigenvalue weighted by atomic mass is 9.64. The van der Waals surface area contributed by atoms with E-state index in [2.05, 4.69) is 38.1 Å². The molecule has 7 nitrogen and oxygen atoms in total. The van der Waals surface area contributed by atoms with Gasteiger partial charge in [-0.2, -0.15) is 0 Å². The highest BCUT2D eigenvalue weighted by Crippen LogP contribution is 2.54. The van der Waals surface area contributed by atoms with Crippen molar-refractivity contribution in [2.45, 2.75) is 65.9 Å². The van der Waals surface area contributed by atoms with Gasteiger partial charge in [0, 0.05) is 59.3 Å². The highest BCUT2D eigenvalue weighted by atomic mass is 16.5. The van der Waals surface area contributed by atoms with E-state index in [1.54, 1.807) is 29.5 Å². The Kier molecular flexibility index (Phi) is 7.28. The number of nitrogens with one attached hydrogen (secondary N) is 1. The molecule has 2 aromatic carbocycles. The summed E-state index contributed by atoms with van der Waals surface area (Å²) in [6.45, 7) is 8.74. The third-order valence-corrected chi connectivity index (χ3v) is 8.53. The first kappa shape index (κ1) is 28.6. The number of nitrogens with zero attached hydrogens (tertiary/aromatic N) is 2. The first-order valence-corrected chi connectivity index (χ1v) is 14.8. The van der Waals surface area contributed by atoms with Crippen molar-refractivity contribution < 1.29 is 19.1 Å². The molecule has 0 fully saturated rings. The number of allylic oxidation sites excluding steroid dienone is 4. The SMILES string of the molecule is CC1(C)CC(=O)C2=C(C1)N(NC(=O)c1ccncc1)C1=C(C(=O)CC(C)(C)C1)C2c1ccc(OCc2ccccc2)cc1. The Bertz CT molecular complexity index is 1580. The van der Waals surface area contributed by atoms with E-state index in [0.717, 1.165) is 22.5 Å². The average molecular weight is 576 g/mol. The van der Waals surface area contributed by atoms with Gasteiger partial charge in [-0.15, -0.1) is 0 Å². The van der Waals surface area contributed by atoms with Gasteiger partial charge < -0.3 is 4.74 Å². The summed E-state index contributed by atoms with van der Waals surface area (Å²) < 4.78 is 6.03. The van der Waals surface area contributed by atoms with Crippen LogP contribution in [0.3, 0.4) is 0 Å². The maximum Gasteiger partial charge on any atom is 0.270 e. The Morgan fingerprint density at radius 2 is 1.37 bits per heavy atom. The van der Waals surface area contributed by atoms with Crippen LogP contribution in [0.1, 0.15) is 80.8 Å². The molecule has 220 valence electrons. The number of hydrogen-bond donors (Lipinski definition) is 1. The zero-order valence-electron chi connectivity index (χ0n) is 25.1. The molecule has 0 atom stereocenters. The van der Waals surface area contributed by atoms with Crippen molar-refractivity contribution in [3.05, 3.63) is 118 Å². The molecule has 7 heteroatoms. The van der Waals surface area contributed by atoms with E-state index >= 15 is 0 Å². The van der Waals surface area contributed by atoms with Gasteiger partial charge >= 0.3 is 0 Å². The zero-order valence-corrected chi connectivity index (χ0v) is 25.1. The number of hydrazine groups is 1. The van der Waals surface area contributed by atoms with E-state index in [1.807, 2.05) is 54.6 Å². The van der Waals surface area contributed by atoms with Gasteiger partial charge in [0.05, 0.1) is 0 Å². The molecule has 0 bridgehead atoms. The molecule has 1 amide bonds. The molecule has 3 aliphatic rings. The Balaban J connectivity index is 1.43. The van der Waals surface area contributed by atoms with Gasteiger partial charge in [-0.1, -0.05) is 70.2 Å². The van der Waals surface area contributed by atoms with Crippen molar-refractivity contribution >= 4 is 17.5 Å². The van der Waals surface area contributed by atoms with Crippen LogP contribution in [0.2, 0.25) is 0 Å². The van der Waals surface area contributed by atoms with E-state index in [4.69, 9.17) is 4.74 Å². The highest BCUT2D eigenvalue weighted by molar-refractivity contribution is 6.07. The Hall–Kier alpha value is -4.52. The lowest BCUT2D eigenvalue weighted by Gasteiger charge is -2.48. The van der Waals surface area contributed by atoms with Crippen molar-refractivity contribution in [1.29, 1.82) is 0 Å². The second-order valence-electron chi connectivity index (χ2n) is 13.4. The Labute approximate surface area is 252 Å². The zero-order chi connectivity index (χ0) is 30.4. The molecular formula is C36H37N3O4. The van der Waals surface area contributed by atoms with Gasteiger partial charge in [0.25, 0.3) is 5.91 Å². The number of rotatable bonds is 6. The maximum absolute atomic E-state index is 14.0. The lowest BCUT2D eigenvalue weighted by Crippen LogP contribution is -2.50. The van der Waals surface area contributed by atoms with E-state index in [-0.39, 0.29) is 28.3 Å². The topological polar surface area (TPSA) is 88.6 Å². The first-order valence-electron chi connectivity index (χ1n) is 14.8. The minimum atomic E-state index is -0.505. The number of ether oxygens (including phenoxy) is 1. The van der Waals surface area contributed by atoms with Gasteiger partial charge in [-0.05, 0) is 59.1 Å². The van der Waals surface area contributed by atoms with Crippen LogP contribution in [0, 0.1) is 10.8 Å². The molecule has 6 rings (SSSR count). The fourth-order valence-corrected chi connectivity index (χ4v) is 6.60. The summed E-state index contributed by atoms with van der Waals surface area (Å²) >= 11 is 0. The summed E-state index contributed by atoms with van der Waals surface area (Å²) in [4.78, 5) is 45.5. The first-order chi connectivity index (χ1) is 20.5. The van der Waals surface area contributed by atoms with Crippen LogP contribution in [0.5, 0.6) is 5.75 Å². The smallest absolute Gasteiger partial charge is 0.270 e. The highest BCUT2D eigenvalue weighted by Gasteiger charge is 2.49. The fourth-order valence-electron chi connectivity index (χ4n) is 6.60. The molecule has 2 aliphatic carbocycles. The van der Waals surface area contributed by atoms with Gasteiger partial charge in [-0.3, -0.25) is 29.8 Å². The minimum absolute atomic E-state index is 0.00741. The molecule has 43 heavy (non-hydrogen) atoms. The van der Waals surface area contributed by atoms with Crippen molar-refractivity contribution in [2.75, 3.05) is 0 Å². The number of ketones is 2. The summed E-state index contributed by atoms with van der Waals surface area (Å²) in [6.07, 6.45) is 5.06. The standard InChI is InChI=1S/C36H37N3O4/c1-35(2)18-27-32(29(40)20-35)31(24-10-12-26(13-11-24)43-22-23-8-6-5-7-9-23)33-28(19-36(3,4)21-30(33)41)39(27)38-34(42)25-14-16-37-17-15-25/h5-17,31H,18-22H2,1-4H3,(H,38,42). The number of hydrogen-bond acceptors (Lipinski definition) is 6. The summed E-state index contributed by atoms with van der Waals surface area (Å²) in [5.74, 6) is -0.0909. The number of Topliss-reactive ketones (excluding diaryl/α,β-unsaturated/α-hetero) is 2. The predicted octanol–water partition coefficient (Wildman–Crippen LogP) is 6.69. The van der Waals surface area contributed by atoms with Crippen LogP contribution >= 0.6 is 0 Å². The molecule has 1 aromatic heterocycles. The van der Waals surface area contributed by atoms with E-state index < -0.39 is 5.92 Å². The van der Waals surface area contributed by atoms with Crippen LogP contribution in [0.25, 0.3) is 0 Å². The number of pyridine rings is 1. The van der Waals surface area contributed by atoms with Gasteiger partial charge in [-0.25, -0.2) is 0 Å². The number of carbonyl (C=O) groups is 3. The molecular weight excluding hydrogens is 538 g/mol. The summed E-state index contributed by atoms with van der Waals surface area (Å²) in [6, 6.07) is 21.0. The molecule has 1 aliphatic heterocycles. The van der Waals surface area contributed by atoms with E-state index in [1.165, 1.54) is 0 Å². The second kappa shape index (κ2) is 11.0. The van der Waals surface area contributed by atoms with Gasteiger partial charge in [0.1, 0.15) is 12.4 Å². The van der Waals surface area contributed by atoms with Crippen LogP contribution in [-0.4, -0.2) is 27.5 Å². The van der Waals surface area contributed by atoms with E-state index in [9.17, 15) is 14.4 Å². The molecule has 0 spiro atoms. The molecule has 0 saturated carbocycles. The molecule has 0 unspecified atom stereocenters. The van der Waals surface area contributed by atoms with Crippen LogP contribution in [-0.2, 0) is 16.2 Å². The molecule has 0 radical (unpaired) electrons. The number of aromatic nitrogens is 1.